The Morgan fingerprint density at radius 2 is 1.79 bits per heavy atom. The molecule has 1 atom stereocenters. The lowest BCUT2D eigenvalue weighted by Crippen LogP contribution is -2.51. The van der Waals surface area contributed by atoms with Crippen molar-refractivity contribution in [2.24, 2.45) is 5.92 Å². The van der Waals surface area contributed by atoms with Gasteiger partial charge in [-0.1, -0.05) is 55.8 Å². The minimum absolute atomic E-state index is 0.0885. The van der Waals surface area contributed by atoms with E-state index in [1.807, 2.05) is 13.8 Å². The number of hydrogen-bond donors (Lipinski definition) is 1. The third-order valence-corrected chi connectivity index (χ3v) is 5.24. The van der Waals surface area contributed by atoms with Gasteiger partial charge in [0.1, 0.15) is 11.9 Å². The van der Waals surface area contributed by atoms with Gasteiger partial charge in [0.15, 0.2) is 0 Å². The van der Waals surface area contributed by atoms with Gasteiger partial charge in [0, 0.05) is 18.2 Å². The van der Waals surface area contributed by atoms with Crippen LogP contribution in [0.2, 0.25) is 5.02 Å². The molecule has 6 heteroatoms. The molecular formula is C22H24ClFN2O2. The van der Waals surface area contributed by atoms with E-state index >= 15 is 0 Å². The van der Waals surface area contributed by atoms with Crippen molar-refractivity contribution < 1.29 is 14.0 Å². The van der Waals surface area contributed by atoms with E-state index in [-0.39, 0.29) is 36.1 Å². The van der Waals surface area contributed by atoms with Crippen molar-refractivity contribution in [2.75, 3.05) is 0 Å². The number of carbonyl (C=O) groups excluding carboxylic acids is 2. The predicted molar refractivity (Wildman–Crippen MR) is 108 cm³/mol. The van der Waals surface area contributed by atoms with Crippen LogP contribution in [-0.2, 0) is 11.3 Å². The summed E-state index contributed by atoms with van der Waals surface area (Å²) in [7, 11) is 0. The zero-order valence-electron chi connectivity index (χ0n) is 16.0. The monoisotopic (exact) mass is 402 g/mol. The van der Waals surface area contributed by atoms with Crippen molar-refractivity contribution in [1.82, 2.24) is 10.2 Å². The molecule has 3 rings (SSSR count). The molecule has 1 aliphatic rings. The van der Waals surface area contributed by atoms with Crippen LogP contribution >= 0.6 is 11.6 Å². The first-order chi connectivity index (χ1) is 13.4. The van der Waals surface area contributed by atoms with E-state index in [1.165, 1.54) is 6.07 Å². The molecule has 2 amide bonds. The number of benzene rings is 2. The van der Waals surface area contributed by atoms with Gasteiger partial charge in [0.2, 0.25) is 5.91 Å². The Labute approximate surface area is 169 Å². The molecule has 2 aromatic rings. The maximum absolute atomic E-state index is 14.1. The van der Waals surface area contributed by atoms with E-state index in [2.05, 4.69) is 5.32 Å². The molecule has 0 heterocycles. The molecule has 1 saturated carbocycles. The lowest BCUT2D eigenvalue weighted by molar-refractivity contribution is -0.135. The Morgan fingerprint density at radius 3 is 2.39 bits per heavy atom. The summed E-state index contributed by atoms with van der Waals surface area (Å²) in [5.41, 5.74) is 0.803. The van der Waals surface area contributed by atoms with Crippen LogP contribution in [0.3, 0.4) is 0 Å². The Bertz CT molecular complexity index is 867. The summed E-state index contributed by atoms with van der Waals surface area (Å²) in [4.78, 5) is 27.7. The molecule has 0 saturated heterocycles. The van der Waals surface area contributed by atoms with Gasteiger partial charge in [0.05, 0.1) is 10.6 Å². The number of nitrogens with zero attached hydrogens (tertiary/aromatic N) is 1. The highest BCUT2D eigenvalue weighted by atomic mass is 35.5. The minimum Gasteiger partial charge on any atom is -0.340 e. The van der Waals surface area contributed by atoms with Crippen LogP contribution in [0.15, 0.2) is 48.5 Å². The van der Waals surface area contributed by atoms with Crippen LogP contribution in [0.25, 0.3) is 0 Å². The molecule has 0 aromatic heterocycles. The van der Waals surface area contributed by atoms with Crippen LogP contribution in [-0.4, -0.2) is 28.8 Å². The van der Waals surface area contributed by atoms with E-state index < -0.39 is 6.04 Å². The van der Waals surface area contributed by atoms with Crippen molar-refractivity contribution >= 4 is 23.4 Å². The second-order valence-corrected chi connectivity index (χ2v) is 7.87. The lowest BCUT2D eigenvalue weighted by atomic mass is 10.0. The molecule has 1 unspecified atom stereocenters. The Morgan fingerprint density at radius 1 is 1.14 bits per heavy atom. The highest BCUT2D eigenvalue weighted by Crippen LogP contribution is 2.30. The summed E-state index contributed by atoms with van der Waals surface area (Å²) in [6.07, 6.45) is 1.78. The summed E-state index contributed by atoms with van der Waals surface area (Å²) < 4.78 is 14.1. The average Bonchev–Trinajstić information content (AvgIpc) is 3.50. The van der Waals surface area contributed by atoms with E-state index in [9.17, 15) is 14.0 Å². The molecular weight excluding hydrogens is 379 g/mol. The van der Waals surface area contributed by atoms with Crippen molar-refractivity contribution in [1.29, 1.82) is 0 Å². The van der Waals surface area contributed by atoms with Gasteiger partial charge in [-0.2, -0.15) is 0 Å². The van der Waals surface area contributed by atoms with Crippen LogP contribution in [0, 0.1) is 11.7 Å². The highest BCUT2D eigenvalue weighted by Gasteiger charge is 2.38. The van der Waals surface area contributed by atoms with Gasteiger partial charge in [-0.3, -0.25) is 9.59 Å². The molecule has 1 aliphatic carbocycles. The Kier molecular flexibility index (Phi) is 6.35. The number of hydrogen-bond acceptors (Lipinski definition) is 2. The second kappa shape index (κ2) is 8.74. The first kappa shape index (κ1) is 20.3. The smallest absolute Gasteiger partial charge is 0.253 e. The summed E-state index contributed by atoms with van der Waals surface area (Å²) in [6, 6.07) is 12.6. The topological polar surface area (TPSA) is 49.4 Å². The zero-order chi connectivity index (χ0) is 20.3. The van der Waals surface area contributed by atoms with Gasteiger partial charge in [-0.05, 0) is 37.0 Å². The number of halogens is 2. The number of amides is 2. The molecule has 0 radical (unpaired) electrons. The van der Waals surface area contributed by atoms with Crippen molar-refractivity contribution in [2.45, 2.75) is 45.3 Å². The SMILES string of the molecule is CC(C)C(NC(=O)c1ccccc1Cl)C(=O)N(Cc1ccccc1F)C1CC1. The first-order valence-corrected chi connectivity index (χ1v) is 9.85. The van der Waals surface area contributed by atoms with Crippen LogP contribution < -0.4 is 5.32 Å². The maximum atomic E-state index is 14.1. The fraction of sp³-hybridized carbons (Fsp3) is 0.364. The average molecular weight is 403 g/mol. The van der Waals surface area contributed by atoms with E-state index in [0.717, 1.165) is 12.8 Å². The molecule has 1 fully saturated rings. The largest absolute Gasteiger partial charge is 0.340 e. The zero-order valence-corrected chi connectivity index (χ0v) is 16.7. The maximum Gasteiger partial charge on any atom is 0.253 e. The number of rotatable bonds is 7. The molecule has 1 N–H and O–H groups in total. The normalized spacial score (nSPS) is 14.6. The van der Waals surface area contributed by atoms with Crippen molar-refractivity contribution in [3.8, 4) is 0 Å². The molecule has 4 nitrogen and oxygen atoms in total. The summed E-state index contributed by atoms with van der Waals surface area (Å²) >= 11 is 6.11. The van der Waals surface area contributed by atoms with Gasteiger partial charge in [-0.15, -0.1) is 0 Å². The Balaban J connectivity index is 1.79. The lowest BCUT2D eigenvalue weighted by Gasteiger charge is -2.30. The molecule has 148 valence electrons. The van der Waals surface area contributed by atoms with Crippen LogP contribution in [0.4, 0.5) is 4.39 Å². The van der Waals surface area contributed by atoms with Gasteiger partial charge in [-0.25, -0.2) is 4.39 Å². The number of nitrogens with one attached hydrogen (secondary N) is 1. The molecule has 0 bridgehead atoms. The van der Waals surface area contributed by atoms with Gasteiger partial charge in [0.25, 0.3) is 5.91 Å². The molecule has 28 heavy (non-hydrogen) atoms. The van der Waals surface area contributed by atoms with Crippen LogP contribution in [0.1, 0.15) is 42.6 Å². The third kappa shape index (κ3) is 4.71. The third-order valence-electron chi connectivity index (χ3n) is 4.91. The fourth-order valence-electron chi connectivity index (χ4n) is 3.14. The van der Waals surface area contributed by atoms with Crippen LogP contribution in [0.5, 0.6) is 0 Å². The quantitative estimate of drug-likeness (QED) is 0.745. The van der Waals surface area contributed by atoms with Gasteiger partial charge >= 0.3 is 0 Å². The highest BCUT2D eigenvalue weighted by molar-refractivity contribution is 6.33. The molecule has 0 aliphatic heterocycles. The number of carbonyl (C=O) groups is 2. The minimum atomic E-state index is -0.712. The standard InChI is InChI=1S/C22H24ClFN2O2/c1-14(2)20(25-21(27)17-8-4-5-9-18(17)23)22(28)26(16-11-12-16)13-15-7-3-6-10-19(15)24/h3-10,14,16,20H,11-13H2,1-2H3,(H,25,27). The van der Waals surface area contributed by atoms with E-state index in [4.69, 9.17) is 11.6 Å². The van der Waals surface area contributed by atoms with E-state index in [0.29, 0.717) is 16.1 Å². The molecule has 2 aromatic carbocycles. The summed E-state index contributed by atoms with van der Waals surface area (Å²) in [5, 5.41) is 3.16. The predicted octanol–water partition coefficient (Wildman–Crippen LogP) is 4.42. The summed E-state index contributed by atoms with van der Waals surface area (Å²) in [6.45, 7) is 3.95. The fourth-order valence-corrected chi connectivity index (χ4v) is 3.36. The van der Waals surface area contributed by atoms with Gasteiger partial charge < -0.3 is 10.2 Å². The Hall–Kier alpha value is -2.40. The second-order valence-electron chi connectivity index (χ2n) is 7.46. The van der Waals surface area contributed by atoms with E-state index in [1.54, 1.807) is 47.4 Å². The molecule has 0 spiro atoms. The first-order valence-electron chi connectivity index (χ1n) is 9.47. The van der Waals surface area contributed by atoms with Crippen molar-refractivity contribution in [3.63, 3.8) is 0 Å². The summed E-state index contributed by atoms with van der Waals surface area (Å²) in [5.74, 6) is -1.04. The van der Waals surface area contributed by atoms with Crippen molar-refractivity contribution in [3.05, 3.63) is 70.5 Å².